The molecule has 0 unspecified atom stereocenters. The molecule has 0 bridgehead atoms. The minimum atomic E-state index is 0. The fourth-order valence-electron chi connectivity index (χ4n) is 0. The SMILES string of the molecule is C=C[CH-]C.C=C[CH-]C.[Zn+2]. The van der Waals surface area contributed by atoms with E-state index in [1.807, 2.05) is 26.7 Å². The number of hydrogen-bond acceptors (Lipinski definition) is 0. The van der Waals surface area contributed by atoms with Crippen LogP contribution in [0.3, 0.4) is 0 Å². The van der Waals surface area contributed by atoms with Crippen LogP contribution >= 0.6 is 0 Å². The molecule has 0 aromatic rings. The van der Waals surface area contributed by atoms with Crippen LogP contribution in [-0.4, -0.2) is 0 Å². The predicted octanol–water partition coefficient (Wildman–Crippen LogP) is 2.79. The second-order valence-corrected chi connectivity index (χ2v) is 1.14. The van der Waals surface area contributed by atoms with Gasteiger partial charge < -0.3 is 0 Å². The van der Waals surface area contributed by atoms with Crippen molar-refractivity contribution < 1.29 is 19.5 Å². The van der Waals surface area contributed by atoms with Crippen molar-refractivity contribution in [3.8, 4) is 0 Å². The minimum absolute atomic E-state index is 0. The van der Waals surface area contributed by atoms with Crippen LogP contribution < -0.4 is 0 Å². The Kier molecular flexibility index (Phi) is 44.0. The zero-order valence-corrected chi connectivity index (χ0v) is 9.40. The molecule has 0 N–H and O–H groups in total. The van der Waals surface area contributed by atoms with E-state index >= 15 is 0 Å². The van der Waals surface area contributed by atoms with Crippen molar-refractivity contribution in [3.05, 3.63) is 38.2 Å². The van der Waals surface area contributed by atoms with Gasteiger partial charge in [0.1, 0.15) is 0 Å². The van der Waals surface area contributed by atoms with Gasteiger partial charge in [-0.15, -0.1) is 13.8 Å². The zero-order valence-electron chi connectivity index (χ0n) is 6.43. The van der Waals surface area contributed by atoms with E-state index in [-0.39, 0.29) is 19.5 Å². The molecule has 0 heterocycles. The molecule has 0 aliphatic heterocycles. The Morgan fingerprint density at radius 3 is 1.11 bits per heavy atom. The van der Waals surface area contributed by atoms with E-state index in [2.05, 4.69) is 13.2 Å². The third-order valence-electron chi connectivity index (χ3n) is 0.471. The van der Waals surface area contributed by atoms with Crippen molar-refractivity contribution >= 4 is 0 Å². The van der Waals surface area contributed by atoms with Crippen molar-refractivity contribution in [2.75, 3.05) is 0 Å². The Hall–Kier alpha value is -0.157. The Balaban J connectivity index is -0.0000000720. The molecule has 0 saturated heterocycles. The smallest absolute Gasteiger partial charge is 0.245 e. The van der Waals surface area contributed by atoms with Gasteiger partial charge in [0.2, 0.25) is 0 Å². The average molecular weight is 176 g/mol. The third-order valence-corrected chi connectivity index (χ3v) is 0.471. The zero-order chi connectivity index (χ0) is 6.83. The van der Waals surface area contributed by atoms with Gasteiger partial charge in [0.15, 0.2) is 0 Å². The summed E-state index contributed by atoms with van der Waals surface area (Å²) in [5, 5.41) is 0. The maximum atomic E-state index is 3.42. The molecule has 0 aromatic carbocycles. The van der Waals surface area contributed by atoms with Crippen LogP contribution in [0.4, 0.5) is 0 Å². The summed E-state index contributed by atoms with van der Waals surface area (Å²) in [4.78, 5) is 0. The van der Waals surface area contributed by atoms with Gasteiger partial charge in [-0.25, -0.2) is 38.2 Å². The quantitative estimate of drug-likeness (QED) is 0.447. The maximum absolute atomic E-state index is 3.42. The summed E-state index contributed by atoms with van der Waals surface area (Å²) in [5.74, 6) is 0. The van der Waals surface area contributed by atoms with Gasteiger partial charge in [-0.05, 0) is 0 Å². The van der Waals surface area contributed by atoms with Crippen LogP contribution in [0.25, 0.3) is 0 Å². The Morgan fingerprint density at radius 1 is 1.00 bits per heavy atom. The van der Waals surface area contributed by atoms with Crippen LogP contribution in [0.5, 0.6) is 0 Å². The van der Waals surface area contributed by atoms with Crippen molar-refractivity contribution in [1.82, 2.24) is 0 Å². The standard InChI is InChI=1S/2C4H7.Zn/c2*1-3-4-2;/h2*3-4H,1H2,2H3;/q2*-1;+2. The molecule has 0 atom stereocenters. The van der Waals surface area contributed by atoms with Gasteiger partial charge in [-0.2, -0.15) is 0 Å². The summed E-state index contributed by atoms with van der Waals surface area (Å²) < 4.78 is 0. The molecule has 0 rings (SSSR count). The molecule has 0 saturated carbocycles. The first-order chi connectivity index (χ1) is 3.83. The van der Waals surface area contributed by atoms with Gasteiger partial charge in [0.05, 0.1) is 0 Å². The molecular formula is C8H14Zn. The van der Waals surface area contributed by atoms with Crippen molar-refractivity contribution in [2.24, 2.45) is 0 Å². The molecule has 0 nitrogen and oxygen atoms in total. The summed E-state index contributed by atoms with van der Waals surface area (Å²) >= 11 is 0. The van der Waals surface area contributed by atoms with E-state index in [1.54, 1.807) is 12.2 Å². The van der Waals surface area contributed by atoms with Gasteiger partial charge in [-0.1, -0.05) is 0 Å². The van der Waals surface area contributed by atoms with Gasteiger partial charge in [0.25, 0.3) is 0 Å². The summed E-state index contributed by atoms with van der Waals surface area (Å²) in [6, 6.07) is 0. The third kappa shape index (κ3) is 78.8. The molecule has 1 heteroatoms. The molecule has 9 heavy (non-hydrogen) atoms. The Labute approximate surface area is 71.8 Å². The minimum Gasteiger partial charge on any atom is -0.245 e. The Morgan fingerprint density at radius 2 is 1.11 bits per heavy atom. The molecule has 0 aromatic heterocycles. The maximum Gasteiger partial charge on any atom is 2.00 e. The molecular weight excluding hydrogens is 161 g/mol. The van der Waals surface area contributed by atoms with Crippen LogP contribution in [0, 0.1) is 12.8 Å². The number of allylic oxidation sites excluding steroid dienone is 2. The summed E-state index contributed by atoms with van der Waals surface area (Å²) in [7, 11) is 0. The van der Waals surface area contributed by atoms with E-state index in [9.17, 15) is 0 Å². The molecule has 0 amide bonds. The second-order valence-electron chi connectivity index (χ2n) is 1.14. The molecule has 0 spiro atoms. The number of hydrogen-bond donors (Lipinski definition) is 0. The van der Waals surface area contributed by atoms with Crippen LogP contribution in [0.2, 0.25) is 0 Å². The summed E-state index contributed by atoms with van der Waals surface area (Å²) in [6.45, 7) is 10.7. The van der Waals surface area contributed by atoms with E-state index in [0.29, 0.717) is 0 Å². The topological polar surface area (TPSA) is 0 Å². The summed E-state index contributed by atoms with van der Waals surface area (Å²) in [6.07, 6.45) is 7.28. The second kappa shape index (κ2) is 24.9. The first-order valence-corrected chi connectivity index (χ1v) is 2.64. The van der Waals surface area contributed by atoms with Crippen molar-refractivity contribution in [2.45, 2.75) is 13.8 Å². The fourth-order valence-corrected chi connectivity index (χ4v) is 0. The van der Waals surface area contributed by atoms with Crippen molar-refractivity contribution in [1.29, 1.82) is 0 Å². The average Bonchev–Trinajstić information content (AvgIpc) is 1.88. The van der Waals surface area contributed by atoms with Crippen molar-refractivity contribution in [3.63, 3.8) is 0 Å². The fraction of sp³-hybridized carbons (Fsp3) is 0.250. The van der Waals surface area contributed by atoms with Crippen LogP contribution in [0.15, 0.2) is 25.3 Å². The van der Waals surface area contributed by atoms with Gasteiger partial charge in [-0.3, -0.25) is 0 Å². The van der Waals surface area contributed by atoms with Gasteiger partial charge in [0, 0.05) is 0 Å². The molecule has 0 aliphatic rings. The first-order valence-electron chi connectivity index (χ1n) is 2.64. The van der Waals surface area contributed by atoms with Crippen LogP contribution in [0.1, 0.15) is 13.8 Å². The molecule has 0 fully saturated rings. The molecule has 0 aliphatic carbocycles. The van der Waals surface area contributed by atoms with E-state index in [4.69, 9.17) is 0 Å². The monoisotopic (exact) mass is 174 g/mol. The largest absolute Gasteiger partial charge is 2.00 e. The predicted molar refractivity (Wildman–Crippen MR) is 40.3 cm³/mol. The van der Waals surface area contributed by atoms with E-state index in [1.165, 1.54) is 0 Å². The Bertz CT molecular complexity index is 40.5. The normalized spacial score (nSPS) is 4.67. The summed E-state index contributed by atoms with van der Waals surface area (Å²) in [5.41, 5.74) is 0. The van der Waals surface area contributed by atoms with Gasteiger partial charge >= 0.3 is 19.5 Å². The van der Waals surface area contributed by atoms with E-state index in [0.717, 1.165) is 0 Å². The molecule has 0 radical (unpaired) electrons. The number of rotatable bonds is 2. The molecule has 48 valence electrons. The van der Waals surface area contributed by atoms with Crippen LogP contribution in [-0.2, 0) is 19.5 Å². The first kappa shape index (κ1) is 15.9. The van der Waals surface area contributed by atoms with E-state index < -0.39 is 0 Å².